The zero-order valence-electron chi connectivity index (χ0n) is 3.71. The van der Waals surface area contributed by atoms with Crippen LogP contribution in [0.1, 0.15) is 0 Å². The number of hydrazine groups is 1. The number of nitrogens with one attached hydrogen (secondary N) is 2. The molecule has 0 bridgehead atoms. The highest BCUT2D eigenvalue weighted by atomic mass is 32.1. The van der Waals surface area contributed by atoms with Crippen LogP contribution in [0.15, 0.2) is 0 Å². The zero-order chi connectivity index (χ0) is 6.57. The molecule has 0 aromatic rings. The molecule has 0 unspecified atom stereocenters. The van der Waals surface area contributed by atoms with E-state index in [0.717, 1.165) is 0 Å². The molecule has 3 nitrogen and oxygen atoms in total. The summed E-state index contributed by atoms with van der Waals surface area (Å²) in [5.74, 6) is 0. The summed E-state index contributed by atoms with van der Waals surface area (Å²) >= 11 is 12.3. The predicted molar refractivity (Wildman–Crippen MR) is 43.1 cm³/mol. The highest BCUT2D eigenvalue weighted by molar-refractivity contribution is 8.11. The minimum atomic E-state index is -0.360. The SMILES string of the molecule is OC(=S)NNC(=S)S. The van der Waals surface area contributed by atoms with Gasteiger partial charge in [0, 0.05) is 0 Å². The first-order valence-corrected chi connectivity index (χ1v) is 2.87. The Balaban J connectivity index is 3.18. The van der Waals surface area contributed by atoms with Crippen LogP contribution in [0.4, 0.5) is 0 Å². The van der Waals surface area contributed by atoms with Crippen molar-refractivity contribution in [3.63, 3.8) is 0 Å². The fourth-order valence-corrected chi connectivity index (χ4v) is 0.265. The van der Waals surface area contributed by atoms with E-state index in [1.165, 1.54) is 0 Å². The van der Waals surface area contributed by atoms with E-state index in [0.29, 0.717) is 0 Å². The van der Waals surface area contributed by atoms with Gasteiger partial charge in [0.1, 0.15) is 4.32 Å². The molecular weight excluding hydrogens is 164 g/mol. The Labute approximate surface area is 62.8 Å². The van der Waals surface area contributed by atoms with Crippen LogP contribution in [0.5, 0.6) is 0 Å². The van der Waals surface area contributed by atoms with Crippen molar-refractivity contribution < 1.29 is 5.11 Å². The van der Waals surface area contributed by atoms with E-state index in [9.17, 15) is 0 Å². The molecule has 0 aromatic heterocycles. The average Bonchev–Trinajstić information content (AvgIpc) is 1.61. The Morgan fingerprint density at radius 3 is 2.00 bits per heavy atom. The molecule has 0 saturated heterocycles. The lowest BCUT2D eigenvalue weighted by molar-refractivity contribution is 0.525. The van der Waals surface area contributed by atoms with Crippen molar-refractivity contribution in [1.82, 2.24) is 10.9 Å². The fourth-order valence-electron chi connectivity index (χ4n) is 0.107. The Hall–Kier alpha value is -0.0700. The van der Waals surface area contributed by atoms with Crippen LogP contribution in [0.25, 0.3) is 0 Å². The maximum atomic E-state index is 8.27. The summed E-state index contributed by atoms with van der Waals surface area (Å²) in [6, 6.07) is 0. The normalized spacial score (nSPS) is 7.62. The minimum Gasteiger partial charge on any atom is -0.485 e. The quantitative estimate of drug-likeness (QED) is 0.235. The molecule has 0 radical (unpaired) electrons. The van der Waals surface area contributed by atoms with Gasteiger partial charge in [-0.1, -0.05) is 12.2 Å². The summed E-state index contributed by atoms with van der Waals surface area (Å²) in [5, 5.41) is 7.91. The molecule has 6 heteroatoms. The maximum absolute atomic E-state index is 8.27. The van der Waals surface area contributed by atoms with Gasteiger partial charge in [0.2, 0.25) is 0 Å². The summed E-state index contributed by atoms with van der Waals surface area (Å²) in [5.41, 5.74) is 4.46. The Morgan fingerprint density at radius 1 is 1.38 bits per heavy atom. The van der Waals surface area contributed by atoms with Crippen molar-refractivity contribution in [3.8, 4) is 0 Å². The molecule has 0 aromatic carbocycles. The summed E-state index contributed by atoms with van der Waals surface area (Å²) < 4.78 is 0.224. The van der Waals surface area contributed by atoms with Crippen molar-refractivity contribution >= 4 is 46.6 Å². The van der Waals surface area contributed by atoms with Crippen LogP contribution in [0.3, 0.4) is 0 Å². The van der Waals surface area contributed by atoms with Gasteiger partial charge < -0.3 is 5.11 Å². The lowest BCUT2D eigenvalue weighted by atomic mass is 11.3. The summed E-state index contributed by atoms with van der Waals surface area (Å²) in [6.45, 7) is 0. The molecule has 0 heterocycles. The molecule has 3 N–H and O–H groups in total. The van der Waals surface area contributed by atoms with Gasteiger partial charge in [0.05, 0.1) is 0 Å². The monoisotopic (exact) mass is 168 g/mol. The predicted octanol–water partition coefficient (Wildman–Crippen LogP) is 0.138. The first-order chi connectivity index (χ1) is 3.63. The van der Waals surface area contributed by atoms with Crippen molar-refractivity contribution in [2.45, 2.75) is 0 Å². The number of hydrogen-bond donors (Lipinski definition) is 4. The van der Waals surface area contributed by atoms with E-state index in [2.05, 4.69) is 47.9 Å². The molecule has 0 aliphatic rings. The number of thiol groups is 1. The third-order valence-electron chi connectivity index (χ3n) is 0.276. The van der Waals surface area contributed by atoms with Gasteiger partial charge in [-0.05, 0) is 12.2 Å². The number of aliphatic hydroxyl groups excluding tert-OH is 1. The van der Waals surface area contributed by atoms with E-state index in [-0.39, 0.29) is 9.50 Å². The minimum absolute atomic E-state index is 0.224. The van der Waals surface area contributed by atoms with E-state index in [1.807, 2.05) is 0 Å². The zero-order valence-corrected chi connectivity index (χ0v) is 6.24. The van der Waals surface area contributed by atoms with Crippen LogP contribution in [0.2, 0.25) is 0 Å². The standard InChI is InChI=1S/C2H4N2OS3/c5-1(6)3-4-2(7)8/h(H2,3,5,6)(H2,4,7,8). The van der Waals surface area contributed by atoms with Gasteiger partial charge in [-0.3, -0.25) is 10.9 Å². The highest BCUT2D eigenvalue weighted by Gasteiger charge is 1.85. The molecule has 0 aliphatic carbocycles. The van der Waals surface area contributed by atoms with Crippen LogP contribution in [0, 0.1) is 0 Å². The maximum Gasteiger partial charge on any atom is 0.273 e. The summed E-state index contributed by atoms with van der Waals surface area (Å²) in [7, 11) is 0. The van der Waals surface area contributed by atoms with Gasteiger partial charge in [-0.15, -0.1) is 12.6 Å². The molecule has 0 fully saturated rings. The van der Waals surface area contributed by atoms with Gasteiger partial charge in [-0.2, -0.15) is 0 Å². The smallest absolute Gasteiger partial charge is 0.273 e. The molecule has 0 amide bonds. The van der Waals surface area contributed by atoms with Crippen LogP contribution in [-0.2, 0) is 0 Å². The second-order valence-electron chi connectivity index (χ2n) is 0.860. The lowest BCUT2D eigenvalue weighted by Crippen LogP contribution is -2.37. The van der Waals surface area contributed by atoms with Crippen molar-refractivity contribution in [2.75, 3.05) is 0 Å². The Bertz CT molecular complexity index is 99.9. The van der Waals surface area contributed by atoms with Crippen LogP contribution < -0.4 is 10.9 Å². The summed E-state index contributed by atoms with van der Waals surface area (Å²) in [6.07, 6.45) is 0. The largest absolute Gasteiger partial charge is 0.485 e. The third-order valence-corrected chi connectivity index (χ3v) is 0.592. The number of hydrogen-bond acceptors (Lipinski definition) is 2. The van der Waals surface area contributed by atoms with Crippen molar-refractivity contribution in [1.29, 1.82) is 0 Å². The lowest BCUT2D eigenvalue weighted by Gasteiger charge is -2.00. The summed E-state index contributed by atoms with van der Waals surface area (Å²) in [4.78, 5) is 0. The van der Waals surface area contributed by atoms with E-state index >= 15 is 0 Å². The van der Waals surface area contributed by atoms with Gasteiger partial charge in [-0.25, -0.2) is 0 Å². The molecule has 0 atom stereocenters. The van der Waals surface area contributed by atoms with Gasteiger partial charge in [0.25, 0.3) is 5.17 Å². The fraction of sp³-hybridized carbons (Fsp3) is 0. The topological polar surface area (TPSA) is 44.3 Å². The van der Waals surface area contributed by atoms with Crippen LogP contribution >= 0.6 is 37.1 Å². The number of aliphatic hydroxyl groups is 1. The highest BCUT2D eigenvalue weighted by Crippen LogP contribution is 1.72. The Kier molecular flexibility index (Phi) is 3.84. The Morgan fingerprint density at radius 2 is 1.88 bits per heavy atom. The number of rotatable bonds is 0. The molecule has 0 spiro atoms. The van der Waals surface area contributed by atoms with Gasteiger partial charge in [0.15, 0.2) is 0 Å². The van der Waals surface area contributed by atoms with E-state index < -0.39 is 0 Å². The van der Waals surface area contributed by atoms with E-state index in [4.69, 9.17) is 5.11 Å². The van der Waals surface area contributed by atoms with Crippen molar-refractivity contribution in [2.24, 2.45) is 0 Å². The number of thiocarbonyl (C=S) groups is 2. The molecule has 46 valence electrons. The van der Waals surface area contributed by atoms with Crippen molar-refractivity contribution in [3.05, 3.63) is 0 Å². The second-order valence-corrected chi connectivity index (χ2v) is 2.41. The molecular formula is C2H4N2OS3. The van der Waals surface area contributed by atoms with Crippen LogP contribution in [-0.4, -0.2) is 14.6 Å². The van der Waals surface area contributed by atoms with E-state index in [1.54, 1.807) is 0 Å². The molecule has 8 heavy (non-hydrogen) atoms. The second kappa shape index (κ2) is 3.88. The first-order valence-electron chi connectivity index (χ1n) is 1.61. The molecule has 0 saturated carbocycles. The molecule has 0 aliphatic heterocycles. The molecule has 0 rings (SSSR count). The van der Waals surface area contributed by atoms with Gasteiger partial charge >= 0.3 is 0 Å². The average molecular weight is 168 g/mol. The third kappa shape index (κ3) is 5.93. The first kappa shape index (κ1) is 7.93.